The molecule has 0 aliphatic carbocycles. The number of hydrogen-bond acceptors (Lipinski definition) is 4. The number of aliphatic carboxylic acids is 1. The van der Waals surface area contributed by atoms with Crippen molar-refractivity contribution >= 4 is 11.9 Å². The molecule has 0 unspecified atom stereocenters. The largest absolute Gasteiger partial charge is 0.479 e. The van der Waals surface area contributed by atoms with Gasteiger partial charge in [-0.15, -0.1) is 0 Å². The van der Waals surface area contributed by atoms with Crippen molar-refractivity contribution < 1.29 is 14.7 Å². The highest BCUT2D eigenvalue weighted by atomic mass is 16.4. The number of aryl methyl sites for hydroxylation is 3. The van der Waals surface area contributed by atoms with E-state index in [4.69, 9.17) is 0 Å². The van der Waals surface area contributed by atoms with Gasteiger partial charge in [-0.25, -0.2) is 4.79 Å². The molecule has 3 N–H and O–H groups in total. The number of aromatic nitrogens is 4. The molecule has 0 aliphatic heterocycles. The average molecular weight is 347 g/mol. The van der Waals surface area contributed by atoms with Gasteiger partial charge < -0.3 is 10.4 Å². The lowest BCUT2D eigenvalue weighted by Crippen LogP contribution is -2.35. The Morgan fingerprint density at radius 2 is 2.04 bits per heavy atom. The molecule has 136 valence electrons. The number of H-pyrrole nitrogens is 1. The quantitative estimate of drug-likeness (QED) is 0.709. The molecule has 1 atom stereocenters. The van der Waals surface area contributed by atoms with Crippen LogP contribution in [0.4, 0.5) is 0 Å². The highest BCUT2D eigenvalue weighted by Gasteiger charge is 2.29. The van der Waals surface area contributed by atoms with Gasteiger partial charge in [0.1, 0.15) is 5.69 Å². The summed E-state index contributed by atoms with van der Waals surface area (Å²) >= 11 is 0. The summed E-state index contributed by atoms with van der Waals surface area (Å²) in [5.74, 6) is -1.18. The van der Waals surface area contributed by atoms with Crippen LogP contribution in [-0.2, 0) is 17.8 Å². The fraction of sp³-hybridized carbons (Fsp3) is 0.529. The maximum Gasteiger partial charge on any atom is 0.331 e. The van der Waals surface area contributed by atoms with Crippen LogP contribution in [0.5, 0.6) is 0 Å². The fourth-order valence-electron chi connectivity index (χ4n) is 2.86. The van der Waals surface area contributed by atoms with Crippen LogP contribution in [0.3, 0.4) is 0 Å². The van der Waals surface area contributed by atoms with E-state index in [-0.39, 0.29) is 0 Å². The summed E-state index contributed by atoms with van der Waals surface area (Å²) in [5.41, 5.74) is 2.84. The molecular formula is C17H25N5O3. The van der Waals surface area contributed by atoms with E-state index < -0.39 is 17.9 Å². The number of rotatable bonds is 7. The Bertz CT molecular complexity index is 756. The topological polar surface area (TPSA) is 113 Å². The number of amides is 1. The van der Waals surface area contributed by atoms with Gasteiger partial charge in [0.15, 0.2) is 6.04 Å². The Balaban J connectivity index is 2.30. The van der Waals surface area contributed by atoms with E-state index in [9.17, 15) is 14.7 Å². The first-order chi connectivity index (χ1) is 11.7. The molecule has 1 amide bonds. The van der Waals surface area contributed by atoms with Crippen molar-refractivity contribution in [2.24, 2.45) is 5.92 Å². The number of nitrogens with zero attached hydrogens (tertiary/aromatic N) is 3. The van der Waals surface area contributed by atoms with E-state index in [0.29, 0.717) is 35.1 Å². The van der Waals surface area contributed by atoms with E-state index in [1.54, 1.807) is 24.6 Å². The Morgan fingerprint density at radius 3 is 2.52 bits per heavy atom. The van der Waals surface area contributed by atoms with Gasteiger partial charge >= 0.3 is 5.97 Å². The summed E-state index contributed by atoms with van der Waals surface area (Å²) in [6.45, 7) is 10.0. The molecule has 0 bridgehead atoms. The maximum atomic E-state index is 12.7. The van der Waals surface area contributed by atoms with Crippen LogP contribution < -0.4 is 5.32 Å². The monoisotopic (exact) mass is 347 g/mol. The maximum absolute atomic E-state index is 12.7. The van der Waals surface area contributed by atoms with E-state index in [1.807, 2.05) is 6.92 Å². The minimum absolute atomic E-state index is 0.364. The first-order valence-electron chi connectivity index (χ1n) is 8.36. The normalized spacial score (nSPS) is 12.4. The first kappa shape index (κ1) is 18.7. The summed E-state index contributed by atoms with van der Waals surface area (Å²) in [4.78, 5) is 24.4. The Hall–Kier alpha value is -2.64. The van der Waals surface area contributed by atoms with Gasteiger partial charge in [0.2, 0.25) is 0 Å². The van der Waals surface area contributed by atoms with Gasteiger partial charge in [0.25, 0.3) is 5.91 Å². The number of nitrogens with one attached hydrogen (secondary N) is 2. The Morgan fingerprint density at radius 1 is 1.36 bits per heavy atom. The van der Waals surface area contributed by atoms with E-state index >= 15 is 0 Å². The number of hydrogen-bond donors (Lipinski definition) is 3. The number of carboxylic acids is 1. The minimum Gasteiger partial charge on any atom is -0.479 e. The summed E-state index contributed by atoms with van der Waals surface area (Å²) in [5, 5.41) is 23.4. The minimum atomic E-state index is -1.17. The van der Waals surface area contributed by atoms with Crippen LogP contribution in [0.25, 0.3) is 0 Å². The molecule has 2 heterocycles. The van der Waals surface area contributed by atoms with Crippen molar-refractivity contribution in [1.82, 2.24) is 25.3 Å². The van der Waals surface area contributed by atoms with Crippen molar-refractivity contribution in [3.63, 3.8) is 0 Å². The van der Waals surface area contributed by atoms with Crippen LogP contribution in [0.15, 0.2) is 6.07 Å². The van der Waals surface area contributed by atoms with Crippen molar-refractivity contribution in [2.45, 2.75) is 53.6 Å². The summed E-state index contributed by atoms with van der Waals surface area (Å²) in [7, 11) is 0. The molecule has 0 saturated carbocycles. The predicted octanol–water partition coefficient (Wildman–Crippen LogP) is 2.00. The molecule has 0 radical (unpaired) electrons. The average Bonchev–Trinajstić information content (AvgIpc) is 3.07. The molecule has 0 aliphatic rings. The third kappa shape index (κ3) is 4.07. The number of carbonyl (C=O) groups excluding carboxylic acids is 1. The third-order valence-electron chi connectivity index (χ3n) is 3.98. The van der Waals surface area contributed by atoms with E-state index in [2.05, 4.69) is 34.5 Å². The van der Waals surface area contributed by atoms with Crippen LogP contribution in [0, 0.1) is 19.8 Å². The highest BCUT2D eigenvalue weighted by Crippen LogP contribution is 2.21. The van der Waals surface area contributed by atoms with Crippen LogP contribution in [-0.4, -0.2) is 37.0 Å². The number of carboxylic acid groups (broad SMARTS) is 1. The molecule has 8 nitrogen and oxygen atoms in total. The Kier molecular flexibility index (Phi) is 5.61. The molecule has 0 spiro atoms. The summed E-state index contributed by atoms with van der Waals surface area (Å²) in [6.07, 6.45) is 0.760. The number of aromatic amines is 1. The second-order valence-corrected chi connectivity index (χ2v) is 6.53. The molecule has 2 aromatic heterocycles. The lowest BCUT2D eigenvalue weighted by Gasteiger charge is -2.15. The van der Waals surface area contributed by atoms with Gasteiger partial charge in [0.05, 0.1) is 11.4 Å². The molecule has 0 saturated heterocycles. The molecular weight excluding hydrogens is 322 g/mol. The number of carbonyl (C=O) groups is 2. The van der Waals surface area contributed by atoms with Crippen LogP contribution in [0.2, 0.25) is 0 Å². The van der Waals surface area contributed by atoms with Gasteiger partial charge in [0, 0.05) is 17.8 Å². The van der Waals surface area contributed by atoms with Crippen molar-refractivity contribution in [2.75, 3.05) is 0 Å². The SMILES string of the molecule is CCn1nc(CC(C)C)cc1C(=O)N[C@H](C(=O)O)c1c(C)n[nH]c1C. The highest BCUT2D eigenvalue weighted by molar-refractivity contribution is 5.95. The van der Waals surface area contributed by atoms with E-state index in [0.717, 1.165) is 12.1 Å². The van der Waals surface area contributed by atoms with Gasteiger partial charge in [-0.2, -0.15) is 10.2 Å². The van der Waals surface area contributed by atoms with Crippen molar-refractivity contribution in [3.8, 4) is 0 Å². The zero-order valence-corrected chi connectivity index (χ0v) is 15.3. The third-order valence-corrected chi connectivity index (χ3v) is 3.98. The predicted molar refractivity (Wildman–Crippen MR) is 92.3 cm³/mol. The molecule has 8 heteroatoms. The van der Waals surface area contributed by atoms with Crippen LogP contribution in [0.1, 0.15) is 59.9 Å². The zero-order chi connectivity index (χ0) is 18.7. The van der Waals surface area contributed by atoms with Crippen molar-refractivity contribution in [3.05, 3.63) is 34.4 Å². The van der Waals surface area contributed by atoms with Gasteiger partial charge in [-0.3, -0.25) is 14.6 Å². The van der Waals surface area contributed by atoms with Gasteiger partial charge in [-0.05, 0) is 39.2 Å². The molecule has 25 heavy (non-hydrogen) atoms. The van der Waals surface area contributed by atoms with Gasteiger partial charge in [-0.1, -0.05) is 13.8 Å². The van der Waals surface area contributed by atoms with Crippen molar-refractivity contribution in [1.29, 1.82) is 0 Å². The smallest absolute Gasteiger partial charge is 0.331 e. The lowest BCUT2D eigenvalue weighted by molar-refractivity contribution is -0.139. The summed E-state index contributed by atoms with van der Waals surface area (Å²) in [6, 6.07) is 0.562. The Labute approximate surface area is 146 Å². The first-order valence-corrected chi connectivity index (χ1v) is 8.36. The van der Waals surface area contributed by atoms with E-state index in [1.165, 1.54) is 0 Å². The lowest BCUT2D eigenvalue weighted by atomic mass is 10.0. The van der Waals surface area contributed by atoms with Crippen LogP contribution >= 0.6 is 0 Å². The molecule has 2 rings (SSSR count). The molecule has 2 aromatic rings. The zero-order valence-electron chi connectivity index (χ0n) is 15.3. The summed E-state index contributed by atoms with van der Waals surface area (Å²) < 4.78 is 1.60. The molecule has 0 aromatic carbocycles. The second kappa shape index (κ2) is 7.50. The fourth-order valence-corrected chi connectivity index (χ4v) is 2.86. The standard InChI is InChI=1S/C17H25N5O3/c1-6-22-13(8-12(21-22)7-9(2)3)16(23)18-15(17(24)25)14-10(4)19-20-11(14)5/h8-9,15H,6-7H2,1-5H3,(H,18,23)(H,19,20)(H,24,25)/t15-/m0/s1. The molecule has 0 fully saturated rings. The second-order valence-electron chi connectivity index (χ2n) is 6.53.